The molecule has 0 bridgehead atoms. The number of hydrogen-bond acceptors (Lipinski definition) is 5. The fourth-order valence-corrected chi connectivity index (χ4v) is 3.78. The van der Waals surface area contributed by atoms with Crippen molar-refractivity contribution in [1.29, 1.82) is 0 Å². The Labute approximate surface area is 180 Å². The van der Waals surface area contributed by atoms with Crippen LogP contribution in [0.4, 0.5) is 0 Å². The Kier molecular flexibility index (Phi) is 8.20. The van der Waals surface area contributed by atoms with Gasteiger partial charge >= 0.3 is 0 Å². The summed E-state index contributed by atoms with van der Waals surface area (Å²) in [5.41, 5.74) is 8.64. The van der Waals surface area contributed by atoms with E-state index in [9.17, 15) is 0 Å². The van der Waals surface area contributed by atoms with E-state index < -0.39 is 0 Å². The maximum atomic E-state index is 6.28. The molecule has 0 saturated carbocycles. The van der Waals surface area contributed by atoms with Gasteiger partial charge in [0.1, 0.15) is 6.61 Å². The molecule has 1 heterocycles. The fraction of sp³-hybridized carbons (Fsp3) is 0.478. The predicted octanol–water partition coefficient (Wildman–Crippen LogP) is 4.26. The van der Waals surface area contributed by atoms with Gasteiger partial charge in [-0.25, -0.2) is 0 Å². The number of methoxy groups -OCH3 is 2. The van der Waals surface area contributed by atoms with Crippen LogP contribution in [0, 0.1) is 5.41 Å². The molecule has 6 heteroatoms. The number of nitrogens with two attached hydrogens (primary N) is 1. The predicted molar refractivity (Wildman–Crippen MR) is 119 cm³/mol. The van der Waals surface area contributed by atoms with Gasteiger partial charge in [-0.3, -0.25) is 4.90 Å². The summed E-state index contributed by atoms with van der Waals surface area (Å²) >= 11 is 0. The lowest BCUT2D eigenvalue weighted by Gasteiger charge is -2.42. The third kappa shape index (κ3) is 5.78. The highest BCUT2D eigenvalue weighted by atomic mass is 35.5. The molecule has 2 aromatic carbocycles. The second kappa shape index (κ2) is 10.2. The van der Waals surface area contributed by atoms with E-state index in [0.29, 0.717) is 23.9 Å². The van der Waals surface area contributed by atoms with Gasteiger partial charge in [-0.1, -0.05) is 44.2 Å². The van der Waals surface area contributed by atoms with Crippen molar-refractivity contribution in [1.82, 2.24) is 4.90 Å². The molecule has 2 aromatic rings. The highest BCUT2D eigenvalue weighted by molar-refractivity contribution is 5.85. The standard InChI is InChI=1S/C23H32N2O3.ClH/c1-23(2)16-25(11-10-21(23)24)14-18-12-19(26-3)22(20(13-18)27-4)28-15-17-8-6-5-7-9-17;/h5-9,12-13,21H,10-11,14-16,24H2,1-4H3;1H. The Morgan fingerprint density at radius 1 is 1.03 bits per heavy atom. The van der Waals surface area contributed by atoms with Gasteiger partial charge in [0.05, 0.1) is 14.2 Å². The van der Waals surface area contributed by atoms with E-state index in [1.807, 2.05) is 42.5 Å². The first-order valence-electron chi connectivity index (χ1n) is 9.82. The molecule has 0 radical (unpaired) electrons. The summed E-state index contributed by atoms with van der Waals surface area (Å²) in [6, 6.07) is 14.4. The average molecular weight is 421 g/mol. The van der Waals surface area contributed by atoms with Crippen LogP contribution in [0.2, 0.25) is 0 Å². The number of piperidine rings is 1. The third-order valence-electron chi connectivity index (χ3n) is 5.54. The van der Waals surface area contributed by atoms with Crippen LogP contribution in [0.25, 0.3) is 0 Å². The molecule has 2 N–H and O–H groups in total. The van der Waals surface area contributed by atoms with E-state index in [-0.39, 0.29) is 23.9 Å². The topological polar surface area (TPSA) is 57.0 Å². The number of hydrogen-bond donors (Lipinski definition) is 1. The lowest BCUT2D eigenvalue weighted by Crippen LogP contribution is -2.52. The van der Waals surface area contributed by atoms with E-state index in [1.54, 1.807) is 14.2 Å². The zero-order chi connectivity index (χ0) is 20.1. The Morgan fingerprint density at radius 3 is 2.21 bits per heavy atom. The van der Waals surface area contributed by atoms with Crippen LogP contribution in [0.5, 0.6) is 17.2 Å². The maximum Gasteiger partial charge on any atom is 0.203 e. The number of nitrogens with zero attached hydrogens (tertiary/aromatic N) is 1. The summed E-state index contributed by atoms with van der Waals surface area (Å²) in [5.74, 6) is 2.02. The number of rotatable bonds is 7. The highest BCUT2D eigenvalue weighted by Crippen LogP contribution is 2.40. The van der Waals surface area contributed by atoms with Crippen LogP contribution in [0.15, 0.2) is 42.5 Å². The summed E-state index contributed by atoms with van der Waals surface area (Å²) in [5, 5.41) is 0. The lowest BCUT2D eigenvalue weighted by atomic mass is 9.79. The SMILES string of the molecule is COc1cc(CN2CCC(N)C(C)(C)C2)cc(OC)c1OCc1ccccc1.Cl. The minimum atomic E-state index is 0. The number of ether oxygens (including phenoxy) is 3. The molecule has 1 saturated heterocycles. The molecule has 0 amide bonds. The van der Waals surface area contributed by atoms with Crippen molar-refractivity contribution in [3.05, 3.63) is 53.6 Å². The van der Waals surface area contributed by atoms with Crippen LogP contribution in [0.3, 0.4) is 0 Å². The largest absolute Gasteiger partial charge is 0.493 e. The Hall–Kier alpha value is -1.95. The Bertz CT molecular complexity index is 758. The second-order valence-electron chi connectivity index (χ2n) is 8.20. The van der Waals surface area contributed by atoms with Gasteiger partial charge in [0, 0.05) is 25.7 Å². The van der Waals surface area contributed by atoms with Crippen LogP contribution in [0.1, 0.15) is 31.4 Å². The zero-order valence-corrected chi connectivity index (χ0v) is 18.6. The Balaban J connectivity index is 0.00000300. The highest BCUT2D eigenvalue weighted by Gasteiger charge is 2.33. The second-order valence-corrected chi connectivity index (χ2v) is 8.20. The van der Waals surface area contributed by atoms with Gasteiger partial charge in [-0.05, 0) is 35.1 Å². The first kappa shape index (κ1) is 23.3. The molecular formula is C23H33ClN2O3. The molecule has 1 atom stereocenters. The van der Waals surface area contributed by atoms with Crippen molar-refractivity contribution >= 4 is 12.4 Å². The van der Waals surface area contributed by atoms with Crippen molar-refractivity contribution in [2.45, 2.75) is 39.5 Å². The van der Waals surface area contributed by atoms with Crippen molar-refractivity contribution in [2.75, 3.05) is 27.3 Å². The molecule has 0 aliphatic carbocycles. The summed E-state index contributed by atoms with van der Waals surface area (Å²) in [6.45, 7) is 7.76. The average Bonchev–Trinajstić information content (AvgIpc) is 2.69. The van der Waals surface area contributed by atoms with Gasteiger partial charge in [0.15, 0.2) is 11.5 Å². The zero-order valence-electron chi connectivity index (χ0n) is 17.8. The van der Waals surface area contributed by atoms with Gasteiger partial charge in [0.25, 0.3) is 0 Å². The maximum absolute atomic E-state index is 6.28. The van der Waals surface area contributed by atoms with Crippen molar-refractivity contribution < 1.29 is 14.2 Å². The van der Waals surface area contributed by atoms with Crippen molar-refractivity contribution in [2.24, 2.45) is 11.1 Å². The minimum absolute atomic E-state index is 0. The van der Waals surface area contributed by atoms with Gasteiger partial charge in [-0.2, -0.15) is 0 Å². The van der Waals surface area contributed by atoms with Crippen LogP contribution >= 0.6 is 12.4 Å². The summed E-state index contributed by atoms with van der Waals surface area (Å²) in [4.78, 5) is 2.45. The molecule has 5 nitrogen and oxygen atoms in total. The summed E-state index contributed by atoms with van der Waals surface area (Å²) < 4.78 is 17.3. The van der Waals surface area contributed by atoms with Gasteiger partial charge in [-0.15, -0.1) is 12.4 Å². The fourth-order valence-electron chi connectivity index (χ4n) is 3.78. The monoisotopic (exact) mass is 420 g/mol. The van der Waals surface area contributed by atoms with Crippen molar-refractivity contribution in [3.8, 4) is 17.2 Å². The van der Waals surface area contributed by atoms with E-state index in [1.165, 1.54) is 0 Å². The summed E-state index contributed by atoms with van der Waals surface area (Å²) in [6.07, 6.45) is 1.01. The first-order chi connectivity index (χ1) is 13.4. The van der Waals surface area contributed by atoms with Crippen LogP contribution < -0.4 is 19.9 Å². The Morgan fingerprint density at radius 2 is 1.66 bits per heavy atom. The molecule has 1 fully saturated rings. The number of likely N-dealkylation sites (tertiary alicyclic amines) is 1. The number of benzene rings is 2. The van der Waals surface area contributed by atoms with Gasteiger partial charge < -0.3 is 19.9 Å². The summed E-state index contributed by atoms with van der Waals surface area (Å²) in [7, 11) is 3.33. The lowest BCUT2D eigenvalue weighted by molar-refractivity contribution is 0.0897. The molecule has 29 heavy (non-hydrogen) atoms. The molecule has 1 aliphatic heterocycles. The van der Waals surface area contributed by atoms with E-state index in [0.717, 1.165) is 37.2 Å². The smallest absolute Gasteiger partial charge is 0.203 e. The van der Waals surface area contributed by atoms with E-state index in [2.05, 4.69) is 18.7 Å². The van der Waals surface area contributed by atoms with E-state index in [4.69, 9.17) is 19.9 Å². The quantitative estimate of drug-likeness (QED) is 0.725. The molecule has 3 rings (SSSR count). The van der Waals surface area contributed by atoms with Crippen LogP contribution in [-0.2, 0) is 13.2 Å². The molecule has 0 aromatic heterocycles. The van der Waals surface area contributed by atoms with E-state index >= 15 is 0 Å². The van der Waals surface area contributed by atoms with Gasteiger partial charge in [0.2, 0.25) is 5.75 Å². The molecule has 1 unspecified atom stereocenters. The van der Waals surface area contributed by atoms with Crippen molar-refractivity contribution in [3.63, 3.8) is 0 Å². The number of halogens is 1. The molecular weight excluding hydrogens is 388 g/mol. The molecule has 160 valence electrons. The minimum Gasteiger partial charge on any atom is -0.493 e. The third-order valence-corrected chi connectivity index (χ3v) is 5.54. The molecule has 0 spiro atoms. The first-order valence-corrected chi connectivity index (χ1v) is 9.82. The van der Waals surface area contributed by atoms with Crippen LogP contribution in [-0.4, -0.2) is 38.3 Å². The normalized spacial score (nSPS) is 18.6. The molecule has 1 aliphatic rings.